The predicted octanol–water partition coefficient (Wildman–Crippen LogP) is 5.85. The molecule has 0 fully saturated rings. The van der Waals surface area contributed by atoms with Crippen LogP contribution in [-0.2, 0) is 6.42 Å². The molecule has 1 rings (SSSR count). The first-order valence-electron chi connectivity index (χ1n) is 10.9. The van der Waals surface area contributed by atoms with Crippen molar-refractivity contribution in [3.8, 4) is 5.75 Å². The summed E-state index contributed by atoms with van der Waals surface area (Å²) >= 11 is 0. The minimum absolute atomic E-state index is 0.0623. The third-order valence-electron chi connectivity index (χ3n) is 5.28. The molecule has 0 radical (unpaired) electrons. The largest absolute Gasteiger partial charge is 0.478 e. The van der Waals surface area contributed by atoms with Crippen molar-refractivity contribution in [2.24, 2.45) is 5.73 Å². The van der Waals surface area contributed by atoms with E-state index in [1.807, 2.05) is 13.8 Å². The lowest BCUT2D eigenvalue weighted by atomic mass is 9.91. The molecule has 0 aliphatic rings. The maximum Gasteiger partial charge on any atom is 0.339 e. The van der Waals surface area contributed by atoms with Crippen LogP contribution in [0.3, 0.4) is 0 Å². The number of hydrogen-bond acceptors (Lipinski definition) is 4. The summed E-state index contributed by atoms with van der Waals surface area (Å²) in [6, 6.07) is 1.67. The molecule has 0 heterocycles. The molecule has 160 valence electrons. The van der Waals surface area contributed by atoms with Crippen LogP contribution >= 0.6 is 0 Å². The minimum atomic E-state index is -1.00. The standard InChI is InChI=1S/C23H40N2O3/c1-4-5-6-7-8-9-10-11-12-13-14-18-15-19(23(26)27)22(28-16-24)20(17(2)3)21(18)25/h15,17H,4-14,16,24-25H2,1-3H3,(H,26,27). The summed E-state index contributed by atoms with van der Waals surface area (Å²) in [5.74, 6) is -0.628. The Bertz CT molecular complexity index is 600. The molecule has 1 aromatic rings. The van der Waals surface area contributed by atoms with Gasteiger partial charge in [-0.25, -0.2) is 4.79 Å². The van der Waals surface area contributed by atoms with E-state index in [1.165, 1.54) is 51.4 Å². The molecule has 5 nitrogen and oxygen atoms in total. The van der Waals surface area contributed by atoms with Gasteiger partial charge in [-0.1, -0.05) is 78.6 Å². The molecular formula is C23H40N2O3. The topological polar surface area (TPSA) is 98.6 Å². The van der Waals surface area contributed by atoms with E-state index in [-0.39, 0.29) is 18.2 Å². The Morgan fingerprint density at radius 1 is 1.04 bits per heavy atom. The molecule has 0 amide bonds. The number of carboxylic acids is 1. The highest BCUT2D eigenvalue weighted by Gasteiger charge is 2.23. The average Bonchev–Trinajstić information content (AvgIpc) is 2.64. The van der Waals surface area contributed by atoms with Crippen molar-refractivity contribution >= 4 is 11.7 Å². The molecule has 28 heavy (non-hydrogen) atoms. The quantitative estimate of drug-likeness (QED) is 0.197. The van der Waals surface area contributed by atoms with Gasteiger partial charge in [-0.05, 0) is 30.4 Å². The van der Waals surface area contributed by atoms with Crippen LogP contribution < -0.4 is 16.2 Å². The smallest absolute Gasteiger partial charge is 0.339 e. The van der Waals surface area contributed by atoms with E-state index in [2.05, 4.69) is 6.92 Å². The fourth-order valence-electron chi connectivity index (χ4n) is 3.74. The van der Waals surface area contributed by atoms with Gasteiger partial charge in [-0.2, -0.15) is 0 Å². The molecule has 0 unspecified atom stereocenters. The number of ether oxygens (including phenoxy) is 1. The zero-order valence-corrected chi connectivity index (χ0v) is 18.1. The lowest BCUT2D eigenvalue weighted by Crippen LogP contribution is -2.15. The van der Waals surface area contributed by atoms with Gasteiger partial charge in [0.05, 0.1) is 0 Å². The van der Waals surface area contributed by atoms with Gasteiger partial charge < -0.3 is 15.6 Å². The Kier molecular flexibility index (Phi) is 11.7. The Hall–Kier alpha value is -1.75. The van der Waals surface area contributed by atoms with Gasteiger partial charge in [0.15, 0.2) is 0 Å². The SMILES string of the molecule is CCCCCCCCCCCCc1cc(C(=O)O)c(OCN)c(C(C)C)c1N. The lowest BCUT2D eigenvalue weighted by Gasteiger charge is -2.21. The van der Waals surface area contributed by atoms with Gasteiger partial charge in [0, 0.05) is 11.3 Å². The fraction of sp³-hybridized carbons (Fsp3) is 0.696. The Labute approximate surface area is 170 Å². The maximum absolute atomic E-state index is 11.7. The van der Waals surface area contributed by atoms with Gasteiger partial charge in [-0.3, -0.25) is 5.73 Å². The molecule has 0 aromatic heterocycles. The molecule has 5 heteroatoms. The number of carboxylic acid groups (broad SMARTS) is 1. The molecule has 0 saturated carbocycles. The normalized spacial score (nSPS) is 11.2. The van der Waals surface area contributed by atoms with E-state index < -0.39 is 5.97 Å². The van der Waals surface area contributed by atoms with Crippen LogP contribution in [0.25, 0.3) is 0 Å². The molecule has 0 bridgehead atoms. The van der Waals surface area contributed by atoms with E-state index >= 15 is 0 Å². The van der Waals surface area contributed by atoms with Crippen molar-refractivity contribution in [2.45, 2.75) is 97.3 Å². The molecule has 0 saturated heterocycles. The van der Waals surface area contributed by atoms with Gasteiger partial charge in [0.2, 0.25) is 0 Å². The van der Waals surface area contributed by atoms with Crippen LogP contribution in [0, 0.1) is 0 Å². The van der Waals surface area contributed by atoms with Crippen LogP contribution in [0.15, 0.2) is 6.07 Å². The highest BCUT2D eigenvalue weighted by atomic mass is 16.5. The van der Waals surface area contributed by atoms with E-state index in [9.17, 15) is 9.90 Å². The zero-order valence-electron chi connectivity index (χ0n) is 18.1. The number of aryl methyl sites for hydroxylation is 1. The Balaban J connectivity index is 2.62. The molecular weight excluding hydrogens is 352 g/mol. The molecule has 1 aromatic carbocycles. The Morgan fingerprint density at radius 3 is 2.04 bits per heavy atom. The van der Waals surface area contributed by atoms with Crippen LogP contribution in [0.1, 0.15) is 112 Å². The summed E-state index contributed by atoms with van der Waals surface area (Å²) in [5, 5.41) is 9.60. The van der Waals surface area contributed by atoms with Gasteiger partial charge in [0.1, 0.15) is 18.0 Å². The van der Waals surface area contributed by atoms with E-state index in [1.54, 1.807) is 6.07 Å². The fourth-order valence-corrected chi connectivity index (χ4v) is 3.74. The number of aromatic carboxylic acids is 1. The molecule has 0 atom stereocenters. The summed E-state index contributed by atoms with van der Waals surface area (Å²) in [4.78, 5) is 11.7. The van der Waals surface area contributed by atoms with Crippen molar-refractivity contribution in [1.82, 2.24) is 0 Å². The monoisotopic (exact) mass is 392 g/mol. The summed E-state index contributed by atoms with van der Waals surface area (Å²) in [5.41, 5.74) is 14.4. The number of nitrogens with two attached hydrogens (primary N) is 2. The minimum Gasteiger partial charge on any atom is -0.478 e. The summed E-state index contributed by atoms with van der Waals surface area (Å²) < 4.78 is 5.45. The van der Waals surface area contributed by atoms with E-state index in [0.717, 1.165) is 30.4 Å². The van der Waals surface area contributed by atoms with E-state index in [4.69, 9.17) is 16.2 Å². The predicted molar refractivity (Wildman–Crippen MR) is 117 cm³/mol. The second-order valence-electron chi connectivity index (χ2n) is 7.94. The van der Waals surface area contributed by atoms with Crippen LogP contribution in [0.4, 0.5) is 5.69 Å². The molecule has 0 spiro atoms. The number of unbranched alkanes of at least 4 members (excludes halogenated alkanes) is 9. The van der Waals surface area contributed by atoms with Gasteiger partial charge in [-0.15, -0.1) is 0 Å². The maximum atomic E-state index is 11.7. The summed E-state index contributed by atoms with van der Waals surface area (Å²) in [6.45, 7) is 6.16. The molecule has 5 N–H and O–H groups in total. The van der Waals surface area contributed by atoms with Crippen LogP contribution in [0.2, 0.25) is 0 Å². The second kappa shape index (κ2) is 13.4. The lowest BCUT2D eigenvalue weighted by molar-refractivity contribution is 0.0692. The van der Waals surface area contributed by atoms with Crippen molar-refractivity contribution in [3.63, 3.8) is 0 Å². The number of nitrogen functional groups attached to an aromatic ring is 1. The van der Waals surface area contributed by atoms with E-state index in [0.29, 0.717) is 11.4 Å². The molecule has 0 aliphatic heterocycles. The third-order valence-corrected chi connectivity index (χ3v) is 5.28. The van der Waals surface area contributed by atoms with Crippen LogP contribution in [-0.4, -0.2) is 17.8 Å². The first-order chi connectivity index (χ1) is 13.4. The first-order valence-corrected chi connectivity index (χ1v) is 10.9. The number of anilines is 1. The third kappa shape index (κ3) is 7.70. The Morgan fingerprint density at radius 2 is 1.57 bits per heavy atom. The van der Waals surface area contributed by atoms with Gasteiger partial charge in [0.25, 0.3) is 0 Å². The molecule has 0 aliphatic carbocycles. The zero-order chi connectivity index (χ0) is 20.9. The number of rotatable bonds is 15. The summed E-state index contributed by atoms with van der Waals surface area (Å²) in [6.07, 6.45) is 13.5. The van der Waals surface area contributed by atoms with Crippen molar-refractivity contribution in [1.29, 1.82) is 0 Å². The van der Waals surface area contributed by atoms with Crippen molar-refractivity contribution < 1.29 is 14.6 Å². The van der Waals surface area contributed by atoms with Crippen molar-refractivity contribution in [2.75, 3.05) is 12.5 Å². The number of carbonyl (C=O) groups is 1. The first kappa shape index (κ1) is 24.3. The van der Waals surface area contributed by atoms with Crippen LogP contribution in [0.5, 0.6) is 5.75 Å². The van der Waals surface area contributed by atoms with Gasteiger partial charge >= 0.3 is 5.97 Å². The number of benzene rings is 1. The highest BCUT2D eigenvalue weighted by Crippen LogP contribution is 2.38. The van der Waals surface area contributed by atoms with Crippen molar-refractivity contribution in [3.05, 3.63) is 22.8 Å². The second-order valence-corrected chi connectivity index (χ2v) is 7.94. The highest BCUT2D eigenvalue weighted by molar-refractivity contribution is 5.93. The summed E-state index contributed by atoms with van der Waals surface area (Å²) in [7, 11) is 0. The number of hydrogen-bond donors (Lipinski definition) is 3. The average molecular weight is 393 g/mol.